The SMILES string of the molecule is COC(=O)Cc1ccc(C(=O)c2ccc(C)cc2C)n1C. The first-order valence-electron chi connectivity index (χ1n) is 6.77. The van der Waals surface area contributed by atoms with Gasteiger partial charge in [-0.2, -0.15) is 0 Å². The number of carbonyl (C=O) groups is 2. The minimum atomic E-state index is -0.318. The van der Waals surface area contributed by atoms with Crippen molar-refractivity contribution in [3.63, 3.8) is 0 Å². The lowest BCUT2D eigenvalue weighted by Gasteiger charge is -2.09. The van der Waals surface area contributed by atoms with E-state index < -0.39 is 0 Å². The van der Waals surface area contributed by atoms with Crippen LogP contribution in [0.15, 0.2) is 30.3 Å². The zero-order valence-electron chi connectivity index (χ0n) is 12.8. The Balaban J connectivity index is 2.34. The van der Waals surface area contributed by atoms with Crippen molar-refractivity contribution in [3.05, 3.63) is 58.4 Å². The van der Waals surface area contributed by atoms with Crippen LogP contribution in [0.5, 0.6) is 0 Å². The van der Waals surface area contributed by atoms with Gasteiger partial charge in [-0.3, -0.25) is 9.59 Å². The van der Waals surface area contributed by atoms with Crippen LogP contribution < -0.4 is 0 Å². The number of aromatic nitrogens is 1. The number of ether oxygens (including phenoxy) is 1. The summed E-state index contributed by atoms with van der Waals surface area (Å²) >= 11 is 0. The van der Waals surface area contributed by atoms with Gasteiger partial charge in [-0.1, -0.05) is 23.8 Å². The molecule has 4 heteroatoms. The molecule has 0 aliphatic heterocycles. The molecule has 1 aromatic heterocycles. The van der Waals surface area contributed by atoms with Crippen LogP contribution in [0.3, 0.4) is 0 Å². The van der Waals surface area contributed by atoms with E-state index in [1.807, 2.05) is 32.0 Å². The molecule has 110 valence electrons. The first kappa shape index (κ1) is 15.0. The number of aryl methyl sites for hydroxylation is 2. The molecule has 0 bridgehead atoms. The van der Waals surface area contributed by atoms with Crippen LogP contribution in [0.1, 0.15) is 32.9 Å². The van der Waals surface area contributed by atoms with Crippen molar-refractivity contribution in [1.82, 2.24) is 4.57 Å². The molecule has 0 atom stereocenters. The van der Waals surface area contributed by atoms with Crippen molar-refractivity contribution >= 4 is 11.8 Å². The lowest BCUT2D eigenvalue weighted by Crippen LogP contribution is -2.13. The van der Waals surface area contributed by atoms with Crippen molar-refractivity contribution in [2.24, 2.45) is 7.05 Å². The molecule has 0 aliphatic carbocycles. The first-order valence-corrected chi connectivity index (χ1v) is 6.77. The summed E-state index contributed by atoms with van der Waals surface area (Å²) in [6.45, 7) is 3.93. The maximum Gasteiger partial charge on any atom is 0.311 e. The molecule has 0 saturated carbocycles. The van der Waals surface area contributed by atoms with E-state index in [0.29, 0.717) is 11.3 Å². The third-order valence-corrected chi connectivity index (χ3v) is 3.64. The summed E-state index contributed by atoms with van der Waals surface area (Å²) in [6.07, 6.45) is 0.160. The molecular formula is C17H19NO3. The average Bonchev–Trinajstić information content (AvgIpc) is 2.79. The van der Waals surface area contributed by atoms with Crippen LogP contribution in [0.4, 0.5) is 0 Å². The standard InChI is InChI=1S/C17H19NO3/c1-11-5-7-14(12(2)9-11)17(20)15-8-6-13(18(15)3)10-16(19)21-4/h5-9H,10H2,1-4H3. The first-order chi connectivity index (χ1) is 9.93. The molecule has 0 fully saturated rings. The third-order valence-electron chi connectivity index (χ3n) is 3.64. The zero-order valence-corrected chi connectivity index (χ0v) is 12.8. The molecule has 0 radical (unpaired) electrons. The van der Waals surface area contributed by atoms with Gasteiger partial charge in [-0.05, 0) is 31.5 Å². The molecule has 0 N–H and O–H groups in total. The minimum absolute atomic E-state index is 0.0360. The monoisotopic (exact) mass is 285 g/mol. The fourth-order valence-electron chi connectivity index (χ4n) is 2.39. The van der Waals surface area contributed by atoms with Gasteiger partial charge in [-0.25, -0.2) is 0 Å². The van der Waals surface area contributed by atoms with Crippen molar-refractivity contribution in [2.75, 3.05) is 7.11 Å². The Bertz CT molecular complexity index is 698. The Kier molecular flexibility index (Phi) is 4.26. The van der Waals surface area contributed by atoms with Gasteiger partial charge >= 0.3 is 5.97 Å². The summed E-state index contributed by atoms with van der Waals surface area (Å²) in [4.78, 5) is 24.0. The quantitative estimate of drug-likeness (QED) is 0.641. The third kappa shape index (κ3) is 3.05. The number of esters is 1. The highest BCUT2D eigenvalue weighted by molar-refractivity contribution is 6.09. The summed E-state index contributed by atoms with van der Waals surface area (Å²) < 4.78 is 6.41. The van der Waals surface area contributed by atoms with E-state index in [-0.39, 0.29) is 18.2 Å². The maximum absolute atomic E-state index is 12.6. The lowest BCUT2D eigenvalue weighted by atomic mass is 10.0. The van der Waals surface area contributed by atoms with Gasteiger partial charge in [0.25, 0.3) is 0 Å². The highest BCUT2D eigenvalue weighted by atomic mass is 16.5. The summed E-state index contributed by atoms with van der Waals surface area (Å²) in [7, 11) is 3.14. The lowest BCUT2D eigenvalue weighted by molar-refractivity contribution is -0.139. The number of benzene rings is 1. The predicted molar refractivity (Wildman–Crippen MR) is 80.5 cm³/mol. The topological polar surface area (TPSA) is 48.3 Å². The normalized spacial score (nSPS) is 10.5. The molecule has 1 aromatic carbocycles. The van der Waals surface area contributed by atoms with E-state index in [1.165, 1.54) is 7.11 Å². The van der Waals surface area contributed by atoms with Crippen molar-refractivity contribution in [2.45, 2.75) is 20.3 Å². The molecule has 21 heavy (non-hydrogen) atoms. The van der Waals surface area contributed by atoms with Crippen molar-refractivity contribution in [3.8, 4) is 0 Å². The van der Waals surface area contributed by atoms with Gasteiger partial charge in [0.1, 0.15) is 0 Å². The van der Waals surface area contributed by atoms with E-state index in [0.717, 1.165) is 16.8 Å². The molecule has 1 heterocycles. The average molecular weight is 285 g/mol. The molecule has 0 spiro atoms. The van der Waals surface area contributed by atoms with Crippen LogP contribution in [0.25, 0.3) is 0 Å². The van der Waals surface area contributed by atoms with Crippen LogP contribution >= 0.6 is 0 Å². The van der Waals surface area contributed by atoms with Gasteiger partial charge in [0.05, 0.1) is 19.2 Å². The van der Waals surface area contributed by atoms with E-state index >= 15 is 0 Å². The van der Waals surface area contributed by atoms with E-state index in [4.69, 9.17) is 0 Å². The number of hydrogen-bond donors (Lipinski definition) is 0. The molecular weight excluding hydrogens is 266 g/mol. The zero-order chi connectivity index (χ0) is 15.6. The smallest absolute Gasteiger partial charge is 0.311 e. The van der Waals surface area contributed by atoms with Gasteiger partial charge in [0.2, 0.25) is 5.78 Å². The fourth-order valence-corrected chi connectivity index (χ4v) is 2.39. The predicted octanol–water partition coefficient (Wildman–Crippen LogP) is 2.59. The van der Waals surface area contributed by atoms with Gasteiger partial charge in [0.15, 0.2) is 0 Å². The van der Waals surface area contributed by atoms with E-state index in [2.05, 4.69) is 4.74 Å². The molecule has 2 aromatic rings. The summed E-state index contributed by atoms with van der Waals surface area (Å²) in [5.74, 6) is -0.354. The van der Waals surface area contributed by atoms with E-state index in [1.54, 1.807) is 23.7 Å². The number of ketones is 1. The number of rotatable bonds is 4. The van der Waals surface area contributed by atoms with Gasteiger partial charge in [0, 0.05) is 18.3 Å². The number of nitrogens with zero attached hydrogens (tertiary/aromatic N) is 1. The van der Waals surface area contributed by atoms with Crippen LogP contribution in [-0.4, -0.2) is 23.4 Å². The largest absolute Gasteiger partial charge is 0.469 e. The molecule has 2 rings (SSSR count). The second-order valence-electron chi connectivity index (χ2n) is 5.17. The Morgan fingerprint density at radius 1 is 1.14 bits per heavy atom. The van der Waals surface area contributed by atoms with Crippen molar-refractivity contribution in [1.29, 1.82) is 0 Å². The molecule has 4 nitrogen and oxygen atoms in total. The number of methoxy groups -OCH3 is 1. The molecule has 0 amide bonds. The Labute approximate surface area is 124 Å². The summed E-state index contributed by atoms with van der Waals surface area (Å²) in [5, 5.41) is 0. The van der Waals surface area contributed by atoms with Crippen LogP contribution in [-0.2, 0) is 23.0 Å². The van der Waals surface area contributed by atoms with Gasteiger partial charge < -0.3 is 9.30 Å². The second-order valence-corrected chi connectivity index (χ2v) is 5.17. The Morgan fingerprint density at radius 3 is 2.48 bits per heavy atom. The Morgan fingerprint density at radius 2 is 1.86 bits per heavy atom. The summed E-state index contributed by atoms with van der Waals surface area (Å²) in [6, 6.07) is 9.30. The fraction of sp³-hybridized carbons (Fsp3) is 0.294. The highest BCUT2D eigenvalue weighted by Gasteiger charge is 2.17. The number of carbonyl (C=O) groups excluding carboxylic acids is 2. The maximum atomic E-state index is 12.6. The molecule has 0 saturated heterocycles. The van der Waals surface area contributed by atoms with Crippen LogP contribution in [0.2, 0.25) is 0 Å². The highest BCUT2D eigenvalue weighted by Crippen LogP contribution is 2.18. The minimum Gasteiger partial charge on any atom is -0.469 e. The summed E-state index contributed by atoms with van der Waals surface area (Å²) in [5.41, 5.74) is 4.10. The van der Waals surface area contributed by atoms with E-state index in [9.17, 15) is 9.59 Å². The molecule has 0 unspecified atom stereocenters. The second kappa shape index (κ2) is 5.95. The molecule has 0 aliphatic rings. The van der Waals surface area contributed by atoms with Gasteiger partial charge in [-0.15, -0.1) is 0 Å². The Hall–Kier alpha value is -2.36. The van der Waals surface area contributed by atoms with Crippen molar-refractivity contribution < 1.29 is 14.3 Å². The number of hydrogen-bond acceptors (Lipinski definition) is 3. The van der Waals surface area contributed by atoms with Crippen LogP contribution in [0, 0.1) is 13.8 Å².